The lowest BCUT2D eigenvalue weighted by Crippen LogP contribution is -2.53. The van der Waals surface area contributed by atoms with Crippen LogP contribution in [0.2, 0.25) is 0 Å². The van der Waals surface area contributed by atoms with Crippen LogP contribution in [0.25, 0.3) is 10.9 Å². The van der Waals surface area contributed by atoms with Crippen LogP contribution in [0.15, 0.2) is 65.7 Å². The van der Waals surface area contributed by atoms with Crippen molar-refractivity contribution >= 4 is 38.2 Å². The first-order valence-electron chi connectivity index (χ1n) is 12.5. The van der Waals surface area contributed by atoms with E-state index in [4.69, 9.17) is 0 Å². The molecule has 1 amide bonds. The predicted molar refractivity (Wildman–Crippen MR) is 143 cm³/mol. The van der Waals surface area contributed by atoms with Gasteiger partial charge in [-0.05, 0) is 49.2 Å². The molecular weight excluding hydrogens is 474 g/mol. The number of nitrogens with zero attached hydrogens (tertiary/aromatic N) is 5. The van der Waals surface area contributed by atoms with Crippen LogP contribution in [-0.4, -0.2) is 81.9 Å². The van der Waals surface area contributed by atoms with Crippen LogP contribution < -0.4 is 9.80 Å². The van der Waals surface area contributed by atoms with Gasteiger partial charge in [0.2, 0.25) is 15.9 Å². The third kappa shape index (κ3) is 4.77. The fourth-order valence-electron chi connectivity index (χ4n) is 5.21. The molecule has 5 rings (SSSR count). The summed E-state index contributed by atoms with van der Waals surface area (Å²) in [5.41, 5.74) is 3.05. The van der Waals surface area contributed by atoms with Gasteiger partial charge in [-0.1, -0.05) is 18.2 Å². The number of hydrogen-bond donors (Lipinski definition) is 0. The highest BCUT2D eigenvalue weighted by molar-refractivity contribution is 7.89. The van der Waals surface area contributed by atoms with E-state index in [1.807, 2.05) is 66.5 Å². The highest BCUT2D eigenvalue weighted by Gasteiger charge is 2.36. The Hall–Kier alpha value is -3.17. The molecule has 2 fully saturated rings. The lowest BCUT2D eigenvalue weighted by Gasteiger charge is -2.39. The van der Waals surface area contributed by atoms with E-state index < -0.39 is 10.0 Å². The summed E-state index contributed by atoms with van der Waals surface area (Å²) in [7, 11) is 0.203. The topological polar surface area (TPSA) is 77.1 Å². The number of para-hydroxylation sites is 1. The molecule has 9 heteroatoms. The lowest BCUT2D eigenvalue weighted by atomic mass is 9.97. The van der Waals surface area contributed by atoms with Crippen LogP contribution in [0.1, 0.15) is 12.8 Å². The average molecular weight is 508 g/mol. The van der Waals surface area contributed by atoms with E-state index in [1.165, 1.54) is 4.31 Å². The second-order valence-electron chi connectivity index (χ2n) is 9.75. The van der Waals surface area contributed by atoms with Crippen molar-refractivity contribution in [3.05, 3.63) is 60.8 Å². The van der Waals surface area contributed by atoms with Gasteiger partial charge in [-0.3, -0.25) is 9.78 Å². The van der Waals surface area contributed by atoms with Crippen molar-refractivity contribution in [3.8, 4) is 0 Å². The molecule has 0 radical (unpaired) electrons. The smallest absolute Gasteiger partial charge is 0.243 e. The molecular formula is C27H33N5O3S. The van der Waals surface area contributed by atoms with Crippen LogP contribution in [0, 0.1) is 5.92 Å². The number of carbonyl (C=O) groups is 1. The number of anilines is 2. The molecule has 2 aromatic carbocycles. The number of benzene rings is 2. The molecule has 190 valence electrons. The first-order chi connectivity index (χ1) is 17.3. The van der Waals surface area contributed by atoms with Crippen molar-refractivity contribution in [2.24, 2.45) is 5.92 Å². The molecule has 36 heavy (non-hydrogen) atoms. The summed E-state index contributed by atoms with van der Waals surface area (Å²) in [4.78, 5) is 24.3. The van der Waals surface area contributed by atoms with Crippen LogP contribution in [0.5, 0.6) is 0 Å². The Bertz CT molecular complexity index is 1330. The van der Waals surface area contributed by atoms with Gasteiger partial charge in [0.1, 0.15) is 0 Å². The second-order valence-corrected chi connectivity index (χ2v) is 11.7. The molecule has 0 saturated carbocycles. The molecule has 0 aliphatic carbocycles. The maximum Gasteiger partial charge on any atom is 0.243 e. The van der Waals surface area contributed by atoms with E-state index in [1.54, 1.807) is 12.1 Å². The summed E-state index contributed by atoms with van der Waals surface area (Å²) in [6.45, 7) is 3.44. The van der Waals surface area contributed by atoms with Gasteiger partial charge in [0.25, 0.3) is 0 Å². The number of pyridine rings is 1. The molecule has 0 spiro atoms. The fraction of sp³-hybridized carbons (Fsp3) is 0.407. The van der Waals surface area contributed by atoms with Gasteiger partial charge in [-0.2, -0.15) is 4.31 Å². The molecule has 2 aliphatic heterocycles. The van der Waals surface area contributed by atoms with Gasteiger partial charge in [0, 0.05) is 76.3 Å². The van der Waals surface area contributed by atoms with Crippen molar-refractivity contribution in [1.82, 2.24) is 14.2 Å². The molecule has 1 unspecified atom stereocenters. The molecule has 2 saturated heterocycles. The zero-order chi connectivity index (χ0) is 25.3. The van der Waals surface area contributed by atoms with Gasteiger partial charge in [0.15, 0.2) is 0 Å². The Balaban J connectivity index is 1.23. The molecule has 1 atom stereocenters. The number of aromatic nitrogens is 1. The second kappa shape index (κ2) is 10.1. The zero-order valence-corrected chi connectivity index (χ0v) is 21.7. The van der Waals surface area contributed by atoms with Crippen molar-refractivity contribution in [2.75, 3.05) is 63.2 Å². The predicted octanol–water partition coefficient (Wildman–Crippen LogP) is 3.05. The number of carbonyl (C=O) groups excluding carboxylic acids is 1. The van der Waals surface area contributed by atoms with E-state index in [9.17, 15) is 13.2 Å². The standard InChI is InChI=1S/C27H33N5O3S/c1-29(2)22-9-11-23(12-10-22)36(34,35)32-15-5-6-21(20-32)27(33)31-18-16-30(17-19-31)26-13-14-28-25-8-4-3-7-24(25)26/h3-4,7-14,21H,5-6,15-20H2,1-2H3. The van der Waals surface area contributed by atoms with Gasteiger partial charge in [0.05, 0.1) is 16.3 Å². The highest BCUT2D eigenvalue weighted by atomic mass is 32.2. The van der Waals surface area contributed by atoms with Gasteiger partial charge in [-0.15, -0.1) is 0 Å². The summed E-state index contributed by atoms with van der Waals surface area (Å²) in [5, 5.41) is 1.12. The number of piperidine rings is 1. The molecule has 2 aliphatic rings. The number of amides is 1. The van der Waals surface area contributed by atoms with E-state index in [0.717, 1.165) is 41.8 Å². The molecule has 0 bridgehead atoms. The van der Waals surface area contributed by atoms with Gasteiger partial charge < -0.3 is 14.7 Å². The van der Waals surface area contributed by atoms with E-state index in [2.05, 4.69) is 16.0 Å². The number of piperazine rings is 1. The minimum absolute atomic E-state index is 0.0668. The van der Waals surface area contributed by atoms with Gasteiger partial charge in [-0.25, -0.2) is 8.42 Å². The number of rotatable bonds is 5. The third-order valence-electron chi connectivity index (χ3n) is 7.28. The Morgan fingerprint density at radius 1 is 0.944 bits per heavy atom. The number of sulfonamides is 1. The monoisotopic (exact) mass is 507 g/mol. The summed E-state index contributed by atoms with van der Waals surface area (Å²) in [5.74, 6) is -0.236. The summed E-state index contributed by atoms with van der Waals surface area (Å²) >= 11 is 0. The highest BCUT2D eigenvalue weighted by Crippen LogP contribution is 2.29. The van der Waals surface area contributed by atoms with Crippen molar-refractivity contribution in [2.45, 2.75) is 17.7 Å². The van der Waals surface area contributed by atoms with Crippen molar-refractivity contribution in [1.29, 1.82) is 0 Å². The minimum atomic E-state index is -3.64. The maximum atomic E-state index is 13.4. The lowest BCUT2D eigenvalue weighted by molar-refractivity contribution is -0.137. The van der Waals surface area contributed by atoms with Crippen LogP contribution >= 0.6 is 0 Å². The summed E-state index contributed by atoms with van der Waals surface area (Å²) in [6.07, 6.45) is 3.24. The summed E-state index contributed by atoms with van der Waals surface area (Å²) < 4.78 is 28.1. The number of hydrogen-bond acceptors (Lipinski definition) is 6. The third-order valence-corrected chi connectivity index (χ3v) is 9.16. The van der Waals surface area contributed by atoms with Crippen LogP contribution in [0.4, 0.5) is 11.4 Å². The van der Waals surface area contributed by atoms with Crippen LogP contribution in [0.3, 0.4) is 0 Å². The Labute approximate surface area is 213 Å². The molecule has 3 aromatic rings. The van der Waals surface area contributed by atoms with Crippen molar-refractivity contribution < 1.29 is 13.2 Å². The van der Waals surface area contributed by atoms with Crippen molar-refractivity contribution in [3.63, 3.8) is 0 Å². The molecule has 0 N–H and O–H groups in total. The van der Waals surface area contributed by atoms with Crippen LogP contribution in [-0.2, 0) is 14.8 Å². The van der Waals surface area contributed by atoms with E-state index >= 15 is 0 Å². The first-order valence-corrected chi connectivity index (χ1v) is 13.9. The quantitative estimate of drug-likeness (QED) is 0.528. The zero-order valence-electron chi connectivity index (χ0n) is 20.9. The molecule has 3 heterocycles. The van der Waals surface area contributed by atoms with E-state index in [-0.39, 0.29) is 23.3 Å². The molecule has 8 nitrogen and oxygen atoms in total. The maximum absolute atomic E-state index is 13.4. The largest absolute Gasteiger partial charge is 0.378 e. The minimum Gasteiger partial charge on any atom is -0.378 e. The summed E-state index contributed by atoms with van der Waals surface area (Å²) in [6, 6.07) is 17.1. The fourth-order valence-corrected chi connectivity index (χ4v) is 6.73. The van der Waals surface area contributed by atoms with E-state index in [0.29, 0.717) is 26.1 Å². The normalized spacial score (nSPS) is 19.4. The Kier molecular flexibility index (Phi) is 6.85. The number of fused-ring (bicyclic) bond motifs is 1. The Morgan fingerprint density at radius 2 is 1.67 bits per heavy atom. The van der Waals surface area contributed by atoms with Gasteiger partial charge >= 0.3 is 0 Å². The first kappa shape index (κ1) is 24.5. The Morgan fingerprint density at radius 3 is 2.39 bits per heavy atom. The average Bonchev–Trinajstić information content (AvgIpc) is 2.92. The molecule has 1 aromatic heterocycles. The SMILES string of the molecule is CN(C)c1ccc(S(=O)(=O)N2CCCC(C(=O)N3CCN(c4ccnc5ccccc45)CC3)C2)cc1.